The average Bonchev–Trinajstić information content (AvgIpc) is 2.63. The highest BCUT2D eigenvalue weighted by atomic mass is 32.2. The predicted molar refractivity (Wildman–Crippen MR) is 78.7 cm³/mol. The first-order valence-electron chi connectivity index (χ1n) is 7.65. The molecule has 0 saturated heterocycles. The molecule has 1 nitrogen and oxygen atoms in total. The highest BCUT2D eigenvalue weighted by molar-refractivity contribution is 7.99. The molecular weight excluding hydrogens is 226 g/mol. The Labute approximate surface area is 112 Å². The first-order chi connectivity index (χ1) is 8.28. The second-order valence-corrected chi connectivity index (χ2v) is 7.64. The first-order valence-corrected chi connectivity index (χ1v) is 8.70. The second-order valence-electron chi connectivity index (χ2n) is 6.06. The molecule has 2 rings (SSSR count). The highest BCUT2D eigenvalue weighted by Gasteiger charge is 2.26. The molecule has 2 heteroatoms. The summed E-state index contributed by atoms with van der Waals surface area (Å²) in [6, 6.07) is 1.66. The summed E-state index contributed by atoms with van der Waals surface area (Å²) in [4.78, 5) is 0. The maximum Gasteiger partial charge on any atom is 0.00805 e. The molecule has 4 atom stereocenters. The van der Waals surface area contributed by atoms with Crippen molar-refractivity contribution in [1.29, 1.82) is 0 Å². The number of nitrogens with one attached hydrogen (secondary N) is 1. The van der Waals surface area contributed by atoms with Crippen molar-refractivity contribution in [3.05, 3.63) is 0 Å². The summed E-state index contributed by atoms with van der Waals surface area (Å²) in [5, 5.41) is 4.90. The van der Waals surface area contributed by atoms with E-state index in [1.165, 1.54) is 57.1 Å². The topological polar surface area (TPSA) is 12.0 Å². The monoisotopic (exact) mass is 255 g/mol. The van der Waals surface area contributed by atoms with Gasteiger partial charge in [-0.1, -0.05) is 26.7 Å². The lowest BCUT2D eigenvalue weighted by Crippen LogP contribution is -2.36. The van der Waals surface area contributed by atoms with Crippen molar-refractivity contribution in [2.75, 3.05) is 5.75 Å². The molecule has 0 amide bonds. The molecule has 100 valence electrons. The van der Waals surface area contributed by atoms with Gasteiger partial charge in [0, 0.05) is 17.3 Å². The molecule has 2 saturated carbocycles. The molecular formula is C15H29NS. The molecule has 17 heavy (non-hydrogen) atoms. The number of hydrogen-bond acceptors (Lipinski definition) is 2. The van der Waals surface area contributed by atoms with Gasteiger partial charge in [-0.3, -0.25) is 0 Å². The molecule has 0 aromatic rings. The molecule has 0 bridgehead atoms. The van der Waals surface area contributed by atoms with Crippen molar-refractivity contribution in [2.45, 2.75) is 82.5 Å². The van der Waals surface area contributed by atoms with Gasteiger partial charge in [0.2, 0.25) is 0 Å². The Morgan fingerprint density at radius 1 is 1.00 bits per heavy atom. The molecule has 1 N–H and O–H groups in total. The summed E-state index contributed by atoms with van der Waals surface area (Å²) in [7, 11) is 0. The molecule has 0 spiro atoms. The van der Waals surface area contributed by atoms with Gasteiger partial charge in [0.1, 0.15) is 0 Å². The van der Waals surface area contributed by atoms with Gasteiger partial charge >= 0.3 is 0 Å². The predicted octanol–water partition coefficient (Wildman–Crippen LogP) is 4.22. The SMILES string of the molecule is CCSC1CCC(NC2CCCC(C)CC2)C1. The van der Waals surface area contributed by atoms with Crippen LogP contribution in [0, 0.1) is 5.92 Å². The molecule has 0 heterocycles. The van der Waals surface area contributed by atoms with Crippen molar-refractivity contribution >= 4 is 11.8 Å². The van der Waals surface area contributed by atoms with E-state index >= 15 is 0 Å². The van der Waals surface area contributed by atoms with Gasteiger partial charge in [-0.2, -0.15) is 11.8 Å². The van der Waals surface area contributed by atoms with Gasteiger partial charge in [-0.25, -0.2) is 0 Å². The fourth-order valence-electron chi connectivity index (χ4n) is 3.47. The lowest BCUT2D eigenvalue weighted by Gasteiger charge is -2.21. The summed E-state index contributed by atoms with van der Waals surface area (Å²) < 4.78 is 0. The minimum absolute atomic E-state index is 0.829. The zero-order valence-corrected chi connectivity index (χ0v) is 12.4. The van der Waals surface area contributed by atoms with Crippen LogP contribution >= 0.6 is 11.8 Å². The van der Waals surface area contributed by atoms with E-state index in [2.05, 4.69) is 30.9 Å². The minimum atomic E-state index is 0.829. The molecule has 2 aliphatic carbocycles. The van der Waals surface area contributed by atoms with Crippen LogP contribution in [-0.2, 0) is 0 Å². The molecule has 4 unspecified atom stereocenters. The van der Waals surface area contributed by atoms with E-state index in [9.17, 15) is 0 Å². The van der Waals surface area contributed by atoms with Crippen LogP contribution in [0.4, 0.5) is 0 Å². The summed E-state index contributed by atoms with van der Waals surface area (Å²) in [6.07, 6.45) is 11.5. The fraction of sp³-hybridized carbons (Fsp3) is 1.00. The van der Waals surface area contributed by atoms with Gasteiger partial charge in [-0.15, -0.1) is 0 Å². The van der Waals surface area contributed by atoms with Gasteiger partial charge in [0.15, 0.2) is 0 Å². The van der Waals surface area contributed by atoms with Gasteiger partial charge in [0.25, 0.3) is 0 Å². The Morgan fingerprint density at radius 2 is 1.82 bits per heavy atom. The number of rotatable bonds is 4. The van der Waals surface area contributed by atoms with Gasteiger partial charge in [0.05, 0.1) is 0 Å². The van der Waals surface area contributed by atoms with Crippen molar-refractivity contribution in [1.82, 2.24) is 5.32 Å². The van der Waals surface area contributed by atoms with Crippen LogP contribution in [0.25, 0.3) is 0 Å². The summed E-state index contributed by atoms with van der Waals surface area (Å²) >= 11 is 2.17. The zero-order chi connectivity index (χ0) is 12.1. The first kappa shape index (κ1) is 13.7. The molecule has 0 radical (unpaired) electrons. The molecule has 2 aliphatic rings. The largest absolute Gasteiger partial charge is 0.311 e. The lowest BCUT2D eigenvalue weighted by atomic mass is 10.0. The second kappa shape index (κ2) is 7.04. The third kappa shape index (κ3) is 4.48. The van der Waals surface area contributed by atoms with E-state index in [1.807, 2.05) is 0 Å². The van der Waals surface area contributed by atoms with Crippen LogP contribution < -0.4 is 5.32 Å². The van der Waals surface area contributed by atoms with Gasteiger partial charge in [-0.05, 0) is 50.2 Å². The third-order valence-corrected chi connectivity index (χ3v) is 5.75. The number of thioether (sulfide) groups is 1. The van der Waals surface area contributed by atoms with E-state index < -0.39 is 0 Å². The normalized spacial score (nSPS) is 39.2. The third-order valence-electron chi connectivity index (χ3n) is 4.52. The fourth-order valence-corrected chi connectivity index (χ4v) is 4.61. The van der Waals surface area contributed by atoms with Crippen molar-refractivity contribution < 1.29 is 0 Å². The zero-order valence-electron chi connectivity index (χ0n) is 11.6. The minimum Gasteiger partial charge on any atom is -0.311 e. The standard InChI is InChI=1S/C15H29NS/c1-3-17-15-10-9-14(11-15)16-13-6-4-5-12(2)7-8-13/h12-16H,3-11H2,1-2H3. The Morgan fingerprint density at radius 3 is 2.65 bits per heavy atom. The van der Waals surface area contributed by atoms with E-state index in [0.29, 0.717) is 0 Å². The Bertz CT molecular complexity index is 219. The smallest absolute Gasteiger partial charge is 0.00805 e. The molecule has 2 fully saturated rings. The van der Waals surface area contributed by atoms with E-state index in [-0.39, 0.29) is 0 Å². The Hall–Kier alpha value is 0.310. The maximum absolute atomic E-state index is 3.95. The molecule has 0 aromatic heterocycles. The van der Waals surface area contributed by atoms with Crippen LogP contribution in [0.3, 0.4) is 0 Å². The quantitative estimate of drug-likeness (QED) is 0.755. The van der Waals surface area contributed by atoms with E-state index in [4.69, 9.17) is 0 Å². The van der Waals surface area contributed by atoms with Crippen LogP contribution in [0.1, 0.15) is 65.2 Å². The molecule has 0 aromatic carbocycles. The van der Waals surface area contributed by atoms with Crippen molar-refractivity contribution in [2.24, 2.45) is 5.92 Å². The summed E-state index contributed by atoms with van der Waals surface area (Å²) in [5.74, 6) is 2.26. The maximum atomic E-state index is 3.95. The summed E-state index contributed by atoms with van der Waals surface area (Å²) in [6.45, 7) is 4.71. The van der Waals surface area contributed by atoms with Crippen molar-refractivity contribution in [3.63, 3.8) is 0 Å². The lowest BCUT2D eigenvalue weighted by molar-refractivity contribution is 0.391. The summed E-state index contributed by atoms with van der Waals surface area (Å²) in [5.41, 5.74) is 0. The Kier molecular flexibility index (Phi) is 5.68. The van der Waals surface area contributed by atoms with Gasteiger partial charge < -0.3 is 5.32 Å². The van der Waals surface area contributed by atoms with Crippen LogP contribution in [0.2, 0.25) is 0 Å². The van der Waals surface area contributed by atoms with Crippen LogP contribution in [0.5, 0.6) is 0 Å². The highest BCUT2D eigenvalue weighted by Crippen LogP contribution is 2.31. The van der Waals surface area contributed by atoms with Crippen molar-refractivity contribution in [3.8, 4) is 0 Å². The van der Waals surface area contributed by atoms with Crippen LogP contribution in [-0.4, -0.2) is 23.1 Å². The molecule has 0 aliphatic heterocycles. The average molecular weight is 255 g/mol. The van der Waals surface area contributed by atoms with Crippen LogP contribution in [0.15, 0.2) is 0 Å². The van der Waals surface area contributed by atoms with E-state index in [1.54, 1.807) is 0 Å². The Balaban J connectivity index is 1.70. The number of hydrogen-bond donors (Lipinski definition) is 1. The van der Waals surface area contributed by atoms with E-state index in [0.717, 1.165) is 23.3 Å².